The highest BCUT2D eigenvalue weighted by atomic mass is 15.0. The Morgan fingerprint density at radius 3 is 1.74 bits per heavy atom. The van der Waals surface area contributed by atoms with Gasteiger partial charge in [0.1, 0.15) is 0 Å². The fourth-order valence-corrected chi connectivity index (χ4v) is 8.03. The first-order valence-corrected chi connectivity index (χ1v) is 17.4. The Morgan fingerprint density at radius 1 is 0.500 bits per heavy atom. The number of aromatic nitrogens is 3. The highest BCUT2D eigenvalue weighted by Gasteiger charge is 2.24. The first-order chi connectivity index (χ1) is 24.7. The molecule has 0 fully saturated rings. The summed E-state index contributed by atoms with van der Waals surface area (Å²) in [5.74, 6) is 0.407. The molecular formula is C47H33N3. The summed E-state index contributed by atoms with van der Waals surface area (Å²) in [6.45, 7) is 2.34. The minimum Gasteiger partial charge on any atom is -0.313 e. The molecule has 0 aliphatic heterocycles. The molecule has 0 amide bonds. The number of nitrogens with zero attached hydrogens (tertiary/aromatic N) is 3. The number of rotatable bonds is 4. The second-order valence-corrected chi connectivity index (χ2v) is 13.4. The third-order valence-electron chi connectivity index (χ3n) is 10.4. The lowest BCUT2D eigenvalue weighted by molar-refractivity contribution is 0.723. The predicted molar refractivity (Wildman–Crippen MR) is 210 cm³/mol. The van der Waals surface area contributed by atoms with Gasteiger partial charge in [0.2, 0.25) is 0 Å². The van der Waals surface area contributed by atoms with Gasteiger partial charge in [0.15, 0.2) is 0 Å². The molecule has 0 unspecified atom stereocenters. The lowest BCUT2D eigenvalue weighted by atomic mass is 9.93. The van der Waals surface area contributed by atoms with E-state index in [0.717, 1.165) is 56.4 Å². The van der Waals surface area contributed by atoms with E-state index in [2.05, 4.69) is 175 Å². The Kier molecular flexibility index (Phi) is 6.53. The van der Waals surface area contributed by atoms with Gasteiger partial charge in [-0.3, -0.25) is 0 Å². The van der Waals surface area contributed by atoms with Gasteiger partial charge in [-0.05, 0) is 46.5 Å². The Morgan fingerprint density at radius 2 is 1.04 bits per heavy atom. The van der Waals surface area contributed by atoms with Gasteiger partial charge in [-0.1, -0.05) is 153 Å². The Balaban J connectivity index is 1.25. The van der Waals surface area contributed by atoms with Crippen LogP contribution in [-0.2, 0) is 0 Å². The molecule has 9 aromatic rings. The fraction of sp³-hybridized carbons (Fsp3) is 0.0638. The number of benzene rings is 7. The summed E-state index contributed by atoms with van der Waals surface area (Å²) in [5, 5.41) is 5.90. The van der Waals surface area contributed by atoms with Crippen molar-refractivity contribution in [1.82, 2.24) is 14.5 Å². The van der Waals surface area contributed by atoms with E-state index in [4.69, 9.17) is 9.97 Å². The van der Waals surface area contributed by atoms with Crippen LogP contribution in [0.3, 0.4) is 0 Å². The van der Waals surface area contributed by atoms with Crippen LogP contribution in [0.4, 0.5) is 0 Å². The Bertz CT molecular complexity index is 2790. The largest absolute Gasteiger partial charge is 0.313 e. The molecular weight excluding hydrogens is 607 g/mol. The number of hydrogen-bond acceptors (Lipinski definition) is 2. The normalized spacial score (nSPS) is 14.1. The molecule has 236 valence electrons. The third-order valence-corrected chi connectivity index (χ3v) is 10.4. The summed E-state index contributed by atoms with van der Waals surface area (Å²) in [5.41, 5.74) is 13.1. The molecule has 2 heterocycles. The van der Waals surface area contributed by atoms with Crippen LogP contribution in [0.1, 0.15) is 30.5 Å². The van der Waals surface area contributed by atoms with Crippen molar-refractivity contribution in [2.45, 2.75) is 19.3 Å². The highest BCUT2D eigenvalue weighted by Crippen LogP contribution is 2.42. The van der Waals surface area contributed by atoms with Crippen LogP contribution in [0.5, 0.6) is 0 Å². The molecule has 10 rings (SSSR count). The van der Waals surface area contributed by atoms with Crippen LogP contribution in [0.15, 0.2) is 158 Å². The quantitative estimate of drug-likeness (QED) is 0.179. The SMILES string of the molecule is C[C@@H]1CC=Cc2c1n(-c1cccc(-c3nc4c5ccccc5c5ccccc5c4nc3-c3ccc(-c4ccccc4)cc3)c1)c1ccccc21. The molecule has 7 aromatic carbocycles. The zero-order valence-corrected chi connectivity index (χ0v) is 27.7. The number of fused-ring (bicyclic) bond motifs is 9. The summed E-state index contributed by atoms with van der Waals surface area (Å²) in [4.78, 5) is 11.1. The van der Waals surface area contributed by atoms with Gasteiger partial charge in [0, 0.05) is 50.1 Å². The Labute approximate surface area is 290 Å². The van der Waals surface area contributed by atoms with Gasteiger partial charge < -0.3 is 4.57 Å². The van der Waals surface area contributed by atoms with Crippen LogP contribution in [0.25, 0.3) is 88.9 Å². The van der Waals surface area contributed by atoms with Crippen molar-refractivity contribution >= 4 is 49.6 Å². The monoisotopic (exact) mass is 639 g/mol. The maximum Gasteiger partial charge on any atom is 0.0979 e. The maximum atomic E-state index is 5.58. The lowest BCUT2D eigenvalue weighted by Gasteiger charge is -2.20. The molecule has 0 bridgehead atoms. The van der Waals surface area contributed by atoms with E-state index in [-0.39, 0.29) is 0 Å². The van der Waals surface area contributed by atoms with Gasteiger partial charge >= 0.3 is 0 Å². The topological polar surface area (TPSA) is 30.7 Å². The van der Waals surface area contributed by atoms with E-state index < -0.39 is 0 Å². The summed E-state index contributed by atoms with van der Waals surface area (Å²) in [7, 11) is 0. The fourth-order valence-electron chi connectivity index (χ4n) is 8.03. The van der Waals surface area contributed by atoms with Gasteiger partial charge in [0.05, 0.1) is 27.9 Å². The zero-order chi connectivity index (χ0) is 33.2. The first-order valence-electron chi connectivity index (χ1n) is 17.4. The van der Waals surface area contributed by atoms with E-state index in [0.29, 0.717) is 5.92 Å². The summed E-state index contributed by atoms with van der Waals surface area (Å²) in [6.07, 6.45) is 5.65. The van der Waals surface area contributed by atoms with Crippen molar-refractivity contribution < 1.29 is 0 Å². The average Bonchev–Trinajstić information content (AvgIpc) is 3.54. The number of para-hydroxylation sites is 1. The molecule has 3 heteroatoms. The molecule has 0 saturated carbocycles. The molecule has 1 aliphatic rings. The van der Waals surface area contributed by atoms with E-state index in [9.17, 15) is 0 Å². The van der Waals surface area contributed by atoms with Gasteiger partial charge in [-0.2, -0.15) is 0 Å². The molecule has 0 N–H and O–H groups in total. The smallest absolute Gasteiger partial charge is 0.0979 e. The molecule has 0 saturated heterocycles. The summed E-state index contributed by atoms with van der Waals surface area (Å²) >= 11 is 0. The molecule has 1 atom stereocenters. The molecule has 0 spiro atoms. The Hall–Kier alpha value is -6.32. The van der Waals surface area contributed by atoms with Crippen molar-refractivity contribution in [3.05, 3.63) is 169 Å². The van der Waals surface area contributed by atoms with Crippen LogP contribution in [0, 0.1) is 0 Å². The van der Waals surface area contributed by atoms with Crippen LogP contribution < -0.4 is 0 Å². The van der Waals surface area contributed by atoms with Gasteiger partial charge in [-0.15, -0.1) is 0 Å². The second kappa shape index (κ2) is 11.4. The number of hydrogen-bond donors (Lipinski definition) is 0. The molecule has 50 heavy (non-hydrogen) atoms. The molecule has 3 nitrogen and oxygen atoms in total. The zero-order valence-electron chi connectivity index (χ0n) is 27.7. The van der Waals surface area contributed by atoms with E-state index in [1.807, 2.05) is 0 Å². The van der Waals surface area contributed by atoms with Crippen molar-refractivity contribution in [2.24, 2.45) is 0 Å². The van der Waals surface area contributed by atoms with Gasteiger partial charge in [-0.25, -0.2) is 9.97 Å². The minimum atomic E-state index is 0.407. The van der Waals surface area contributed by atoms with Crippen molar-refractivity contribution in [2.75, 3.05) is 0 Å². The molecule has 0 radical (unpaired) electrons. The van der Waals surface area contributed by atoms with Crippen LogP contribution in [-0.4, -0.2) is 14.5 Å². The average molecular weight is 640 g/mol. The van der Waals surface area contributed by atoms with Crippen LogP contribution in [0.2, 0.25) is 0 Å². The summed E-state index contributed by atoms with van der Waals surface area (Å²) in [6, 6.07) is 54.2. The summed E-state index contributed by atoms with van der Waals surface area (Å²) < 4.78 is 2.47. The third kappa shape index (κ3) is 4.44. The lowest BCUT2D eigenvalue weighted by Crippen LogP contribution is -2.07. The van der Waals surface area contributed by atoms with E-state index in [1.165, 1.54) is 44.1 Å². The first kappa shape index (κ1) is 28.7. The number of allylic oxidation sites excluding steroid dienone is 1. The highest BCUT2D eigenvalue weighted by molar-refractivity contribution is 6.23. The molecule has 1 aliphatic carbocycles. The molecule has 2 aromatic heterocycles. The van der Waals surface area contributed by atoms with E-state index in [1.54, 1.807) is 0 Å². The standard InChI is InChI=1S/C47H33N3/c1-30-13-11-23-41-38-20-9-10-24-42(38)50(47(30)41)35-17-12-16-34(29-35)44-43(33-27-25-32(26-28-33)31-14-3-2-4-15-31)48-45-39-21-7-5-18-36(39)37-19-6-8-22-40(37)46(45)49-44/h2-12,14-30H,13H2,1H3/t30-/m1/s1. The minimum absolute atomic E-state index is 0.407. The second-order valence-electron chi connectivity index (χ2n) is 13.4. The predicted octanol–water partition coefficient (Wildman–Crippen LogP) is 12.4. The van der Waals surface area contributed by atoms with Crippen molar-refractivity contribution in [3.63, 3.8) is 0 Å². The van der Waals surface area contributed by atoms with Crippen molar-refractivity contribution in [3.8, 4) is 39.3 Å². The van der Waals surface area contributed by atoms with Gasteiger partial charge in [0.25, 0.3) is 0 Å². The van der Waals surface area contributed by atoms with E-state index >= 15 is 0 Å². The van der Waals surface area contributed by atoms with Crippen LogP contribution >= 0.6 is 0 Å². The maximum absolute atomic E-state index is 5.58. The van der Waals surface area contributed by atoms with Crippen molar-refractivity contribution in [1.29, 1.82) is 0 Å².